The van der Waals surface area contributed by atoms with E-state index in [0.29, 0.717) is 0 Å². The van der Waals surface area contributed by atoms with Crippen molar-refractivity contribution in [1.82, 2.24) is 4.57 Å². The number of benzene rings is 2. The summed E-state index contributed by atoms with van der Waals surface area (Å²) in [6.45, 7) is 4.25. The zero-order valence-corrected chi connectivity index (χ0v) is 18.3. The third-order valence-electron chi connectivity index (χ3n) is 4.59. The normalized spacial score (nSPS) is 9.64. The summed E-state index contributed by atoms with van der Waals surface area (Å²) in [6.07, 6.45) is 0. The number of hydrogen-bond donors (Lipinski definition) is 0. The summed E-state index contributed by atoms with van der Waals surface area (Å²) in [5.74, 6) is 0. The molecule has 0 atom stereocenters. The van der Waals surface area contributed by atoms with Gasteiger partial charge in [0.1, 0.15) is 0 Å². The molecule has 0 aliphatic rings. The van der Waals surface area contributed by atoms with Gasteiger partial charge in [-0.1, -0.05) is 31.2 Å². The number of halogens is 2. The molecular formula is C24H21F2NZr. The van der Waals surface area contributed by atoms with Crippen LogP contribution in [0.4, 0.5) is 0 Å². The molecule has 1 heterocycles. The van der Waals surface area contributed by atoms with Crippen LogP contribution in [0, 0.1) is 13.8 Å². The summed E-state index contributed by atoms with van der Waals surface area (Å²) in [4.78, 5) is 0. The van der Waals surface area contributed by atoms with Crippen molar-refractivity contribution in [2.24, 2.45) is 0 Å². The first-order valence-electron chi connectivity index (χ1n) is 8.63. The zero-order chi connectivity index (χ0) is 17.2. The Hall–Kier alpha value is -2.32. The second kappa shape index (κ2) is 10.3. The minimum atomic E-state index is 0. The first-order chi connectivity index (χ1) is 12.2. The Bertz CT molecular complexity index is 1090. The molecule has 5 aromatic rings. The van der Waals surface area contributed by atoms with Crippen LogP contribution in [-0.2, 0) is 26.2 Å². The van der Waals surface area contributed by atoms with Gasteiger partial charge in [0, 0.05) is 11.1 Å². The molecule has 5 rings (SSSR count). The van der Waals surface area contributed by atoms with Gasteiger partial charge in [-0.3, -0.25) is 0 Å². The number of hydrogen-bond acceptors (Lipinski definition) is 0. The van der Waals surface area contributed by atoms with Gasteiger partial charge < -0.3 is 14.0 Å². The molecule has 28 heavy (non-hydrogen) atoms. The number of aryl methyl sites for hydroxylation is 2. The molecule has 0 aliphatic carbocycles. The van der Waals surface area contributed by atoms with Crippen LogP contribution in [0.25, 0.3) is 27.4 Å². The van der Waals surface area contributed by atoms with Gasteiger partial charge in [0.05, 0.1) is 5.52 Å². The second-order valence-electron chi connectivity index (χ2n) is 6.48. The molecule has 0 saturated heterocycles. The van der Waals surface area contributed by atoms with E-state index in [9.17, 15) is 0 Å². The maximum absolute atomic E-state index is 2.33. The summed E-state index contributed by atoms with van der Waals surface area (Å²) in [5, 5.41) is 3.90. The largest absolute Gasteiger partial charge is 4.00 e. The smallest absolute Gasteiger partial charge is 1.00 e. The van der Waals surface area contributed by atoms with Crippen LogP contribution in [0.5, 0.6) is 0 Å². The number of rotatable bonds is 1. The molecule has 4 aromatic carbocycles. The molecule has 0 radical (unpaired) electrons. The number of fused-ring (bicyclic) bond motifs is 2. The van der Waals surface area contributed by atoms with E-state index in [1.54, 1.807) is 0 Å². The van der Waals surface area contributed by atoms with Crippen LogP contribution in [0.3, 0.4) is 0 Å². The third kappa shape index (κ3) is 4.74. The van der Waals surface area contributed by atoms with E-state index in [2.05, 4.69) is 97.3 Å². The van der Waals surface area contributed by atoms with E-state index in [-0.39, 0.29) is 35.6 Å². The molecular weight excluding hydrogens is 431 g/mol. The van der Waals surface area contributed by atoms with E-state index in [1.807, 2.05) is 12.1 Å². The van der Waals surface area contributed by atoms with Gasteiger partial charge in [0.15, 0.2) is 0 Å². The Morgan fingerprint density at radius 2 is 1.39 bits per heavy atom. The van der Waals surface area contributed by atoms with Crippen LogP contribution in [0.2, 0.25) is 0 Å². The average molecular weight is 453 g/mol. The predicted molar refractivity (Wildman–Crippen MR) is 108 cm³/mol. The quantitative estimate of drug-likeness (QED) is 0.327. The van der Waals surface area contributed by atoms with Crippen molar-refractivity contribution < 1.29 is 35.6 Å². The minimum Gasteiger partial charge on any atom is -1.00 e. The summed E-state index contributed by atoms with van der Waals surface area (Å²) in [6, 6.07) is 32.1. The molecule has 1 aromatic heterocycles. The number of aromatic nitrogens is 1. The van der Waals surface area contributed by atoms with Gasteiger partial charge in [0.25, 0.3) is 0 Å². The molecule has 0 fully saturated rings. The van der Waals surface area contributed by atoms with Crippen LogP contribution in [0.15, 0.2) is 91.0 Å². The van der Waals surface area contributed by atoms with Crippen molar-refractivity contribution in [3.05, 3.63) is 102 Å². The van der Waals surface area contributed by atoms with Gasteiger partial charge in [-0.05, 0) is 24.7 Å². The van der Waals surface area contributed by atoms with Crippen molar-refractivity contribution >= 4 is 21.7 Å². The van der Waals surface area contributed by atoms with Crippen LogP contribution >= 0.6 is 0 Å². The first kappa shape index (κ1) is 23.7. The zero-order valence-electron chi connectivity index (χ0n) is 15.9. The Kier molecular flexibility index (Phi) is 8.72. The molecule has 0 aliphatic heterocycles. The Labute approximate surface area is 183 Å². The molecule has 0 N–H and O–H groups in total. The van der Waals surface area contributed by atoms with Gasteiger partial charge in [-0.15, -0.1) is 41.1 Å². The topological polar surface area (TPSA) is 4.93 Å². The Morgan fingerprint density at radius 3 is 2.00 bits per heavy atom. The fraction of sp³-hybridized carbons (Fsp3) is 0.0833. The van der Waals surface area contributed by atoms with Crippen molar-refractivity contribution in [3.63, 3.8) is 0 Å². The van der Waals surface area contributed by atoms with Crippen molar-refractivity contribution in [2.45, 2.75) is 13.8 Å². The minimum absolute atomic E-state index is 0. The predicted octanol–water partition coefficient (Wildman–Crippen LogP) is 0.530. The Morgan fingerprint density at radius 1 is 0.786 bits per heavy atom. The molecule has 0 saturated carbocycles. The SMILES string of the molecule is C[c-]1cccc1.Cc1cc2ccccc2n1-c1cc2ccccc2[cH-]1.[F-].[F-].[Zr+4]. The first-order valence-corrected chi connectivity index (χ1v) is 8.63. The molecule has 0 bridgehead atoms. The van der Waals surface area contributed by atoms with E-state index in [0.717, 1.165) is 0 Å². The van der Waals surface area contributed by atoms with Crippen molar-refractivity contribution in [2.75, 3.05) is 0 Å². The second-order valence-corrected chi connectivity index (χ2v) is 6.48. The van der Waals surface area contributed by atoms with Crippen LogP contribution < -0.4 is 9.41 Å². The molecule has 4 heteroatoms. The molecule has 1 nitrogen and oxygen atoms in total. The molecule has 0 amide bonds. The van der Waals surface area contributed by atoms with Crippen molar-refractivity contribution in [3.8, 4) is 5.69 Å². The summed E-state index contributed by atoms with van der Waals surface area (Å²) in [5.41, 5.74) is 5.14. The molecule has 0 unspecified atom stereocenters. The fourth-order valence-electron chi connectivity index (χ4n) is 3.37. The summed E-state index contributed by atoms with van der Waals surface area (Å²) >= 11 is 0. The van der Waals surface area contributed by atoms with E-state index >= 15 is 0 Å². The van der Waals surface area contributed by atoms with Crippen molar-refractivity contribution in [1.29, 1.82) is 0 Å². The maximum atomic E-state index is 2.33. The number of para-hydroxylation sites is 1. The summed E-state index contributed by atoms with van der Waals surface area (Å²) < 4.78 is 2.33. The third-order valence-corrected chi connectivity index (χ3v) is 4.59. The van der Waals surface area contributed by atoms with Gasteiger partial charge in [-0.25, -0.2) is 12.1 Å². The van der Waals surface area contributed by atoms with E-state index in [4.69, 9.17) is 0 Å². The average Bonchev–Trinajstić information content (AvgIpc) is 3.32. The maximum Gasteiger partial charge on any atom is 4.00 e. The molecule has 140 valence electrons. The standard InChI is InChI=1S/C18H14N.C6H7.2FH.Zr/c1-13-10-16-8-4-5-9-18(16)19(13)17-11-14-6-2-3-7-15(14)12-17;1-6-4-2-3-5-6;;;/h2-12H,1H3;2-5H,1H3;2*1H;/q2*-1;;;+4/p-2. The van der Waals surface area contributed by atoms with Gasteiger partial charge in [0.2, 0.25) is 0 Å². The van der Waals surface area contributed by atoms with E-state index < -0.39 is 0 Å². The van der Waals surface area contributed by atoms with Gasteiger partial charge >= 0.3 is 26.2 Å². The van der Waals surface area contributed by atoms with E-state index in [1.165, 1.54) is 38.6 Å². The van der Waals surface area contributed by atoms with Crippen LogP contribution in [-0.4, -0.2) is 4.57 Å². The monoisotopic (exact) mass is 451 g/mol. The van der Waals surface area contributed by atoms with Crippen LogP contribution in [0.1, 0.15) is 11.3 Å². The van der Waals surface area contributed by atoms with Gasteiger partial charge in [-0.2, -0.15) is 17.7 Å². The number of nitrogens with zero attached hydrogens (tertiary/aromatic N) is 1. The molecule has 0 spiro atoms. The fourth-order valence-corrected chi connectivity index (χ4v) is 3.37. The Balaban J connectivity index is 0.000000380. The summed E-state index contributed by atoms with van der Waals surface area (Å²) in [7, 11) is 0.